The van der Waals surface area contributed by atoms with Crippen molar-refractivity contribution in [3.63, 3.8) is 0 Å². The van der Waals surface area contributed by atoms with E-state index < -0.39 is 0 Å². The number of fused-ring (bicyclic) bond motifs is 3. The molecule has 1 aromatic heterocycles. The molecule has 1 spiro atoms. The molecule has 1 saturated carbocycles. The molecular formula is C16H16N2O2. The number of rotatable bonds is 1. The standard InChI is InChI=1S/C16H16N2O2/c19-13-5-16(7-20-8-16)14(13)15-11-4-2-1-3-10(11)12-6-17-9-18(12)15/h1-4,6,9,13-15,19H,5,7-8H2/t13-,14-,15?/m1/s1. The van der Waals surface area contributed by atoms with Gasteiger partial charge in [0, 0.05) is 16.9 Å². The molecule has 1 saturated heterocycles. The van der Waals surface area contributed by atoms with Gasteiger partial charge in [-0.25, -0.2) is 4.98 Å². The van der Waals surface area contributed by atoms with Crippen molar-refractivity contribution >= 4 is 0 Å². The van der Waals surface area contributed by atoms with Crippen LogP contribution in [0.5, 0.6) is 0 Å². The molecule has 2 fully saturated rings. The summed E-state index contributed by atoms with van der Waals surface area (Å²) in [5.41, 5.74) is 3.92. The fourth-order valence-corrected chi connectivity index (χ4v) is 4.39. The van der Waals surface area contributed by atoms with Gasteiger partial charge in [-0.2, -0.15) is 0 Å². The molecule has 4 heteroatoms. The number of aliphatic hydroxyl groups is 1. The van der Waals surface area contributed by atoms with Gasteiger partial charge in [-0.1, -0.05) is 24.3 Å². The first kappa shape index (κ1) is 11.1. The van der Waals surface area contributed by atoms with E-state index in [-0.39, 0.29) is 23.5 Å². The smallest absolute Gasteiger partial charge is 0.0956 e. The number of aliphatic hydroxyl groups excluding tert-OH is 1. The summed E-state index contributed by atoms with van der Waals surface area (Å²) in [5.74, 6) is 0.243. The maximum atomic E-state index is 10.4. The Morgan fingerprint density at radius 1 is 1.30 bits per heavy atom. The first-order chi connectivity index (χ1) is 9.80. The zero-order valence-corrected chi connectivity index (χ0v) is 11.1. The Kier molecular flexibility index (Phi) is 1.94. The first-order valence-electron chi connectivity index (χ1n) is 7.17. The number of nitrogens with zero attached hydrogens (tertiary/aromatic N) is 2. The van der Waals surface area contributed by atoms with Crippen LogP contribution in [0.2, 0.25) is 0 Å². The highest BCUT2D eigenvalue weighted by Crippen LogP contribution is 2.60. The quantitative estimate of drug-likeness (QED) is 0.858. The van der Waals surface area contributed by atoms with Gasteiger partial charge in [-0.15, -0.1) is 0 Å². The van der Waals surface area contributed by atoms with E-state index in [1.807, 2.05) is 12.5 Å². The molecule has 1 aromatic carbocycles. The third-order valence-electron chi connectivity index (χ3n) is 5.38. The van der Waals surface area contributed by atoms with Gasteiger partial charge in [-0.3, -0.25) is 0 Å². The van der Waals surface area contributed by atoms with E-state index in [1.54, 1.807) is 0 Å². The summed E-state index contributed by atoms with van der Waals surface area (Å²) >= 11 is 0. The van der Waals surface area contributed by atoms with Crippen molar-refractivity contribution in [3.8, 4) is 11.3 Å². The molecule has 1 aliphatic carbocycles. The Balaban J connectivity index is 1.68. The van der Waals surface area contributed by atoms with Crippen LogP contribution < -0.4 is 0 Å². The monoisotopic (exact) mass is 268 g/mol. The molecule has 3 atom stereocenters. The summed E-state index contributed by atoms with van der Waals surface area (Å²) in [7, 11) is 0. The van der Waals surface area contributed by atoms with Crippen LogP contribution in [0, 0.1) is 11.3 Å². The molecule has 3 heterocycles. The van der Waals surface area contributed by atoms with E-state index in [9.17, 15) is 5.11 Å². The second kappa shape index (κ2) is 3.51. The van der Waals surface area contributed by atoms with Gasteiger partial charge in [0.15, 0.2) is 0 Å². The van der Waals surface area contributed by atoms with Crippen molar-refractivity contribution in [2.45, 2.75) is 18.6 Å². The zero-order valence-electron chi connectivity index (χ0n) is 11.1. The van der Waals surface area contributed by atoms with Crippen molar-refractivity contribution < 1.29 is 9.84 Å². The predicted octanol–water partition coefficient (Wildman–Crippen LogP) is 1.85. The molecule has 2 aromatic rings. The van der Waals surface area contributed by atoms with Crippen LogP contribution in [-0.4, -0.2) is 34.0 Å². The van der Waals surface area contributed by atoms with Gasteiger partial charge in [0.1, 0.15) is 0 Å². The molecule has 3 aliphatic rings. The van der Waals surface area contributed by atoms with Gasteiger partial charge in [0.25, 0.3) is 0 Å². The van der Waals surface area contributed by atoms with Crippen molar-refractivity contribution in [1.29, 1.82) is 0 Å². The van der Waals surface area contributed by atoms with Gasteiger partial charge in [0.2, 0.25) is 0 Å². The van der Waals surface area contributed by atoms with Crippen LogP contribution in [0.1, 0.15) is 18.0 Å². The first-order valence-corrected chi connectivity index (χ1v) is 7.17. The number of aromatic nitrogens is 2. The fraction of sp³-hybridized carbons (Fsp3) is 0.438. The Morgan fingerprint density at radius 3 is 2.90 bits per heavy atom. The largest absolute Gasteiger partial charge is 0.393 e. The highest BCUT2D eigenvalue weighted by Gasteiger charge is 2.62. The van der Waals surface area contributed by atoms with Crippen LogP contribution in [0.25, 0.3) is 11.3 Å². The fourth-order valence-electron chi connectivity index (χ4n) is 4.39. The van der Waals surface area contributed by atoms with Crippen LogP contribution >= 0.6 is 0 Å². The number of ether oxygens (including phenoxy) is 1. The van der Waals surface area contributed by atoms with Gasteiger partial charge < -0.3 is 14.4 Å². The SMILES string of the molecule is O[C@@H]1CC2(COC2)[C@H]1C1c2ccccc2-c2cncn21. The Labute approximate surface area is 117 Å². The highest BCUT2D eigenvalue weighted by atomic mass is 16.5. The molecule has 4 nitrogen and oxygen atoms in total. The number of imidazole rings is 1. The lowest BCUT2D eigenvalue weighted by molar-refractivity contribution is -0.250. The van der Waals surface area contributed by atoms with Crippen molar-refractivity contribution in [1.82, 2.24) is 9.55 Å². The maximum absolute atomic E-state index is 10.4. The lowest BCUT2D eigenvalue weighted by Crippen LogP contribution is -2.64. The minimum absolute atomic E-state index is 0.184. The summed E-state index contributed by atoms with van der Waals surface area (Å²) in [4.78, 5) is 4.30. The zero-order chi connectivity index (χ0) is 13.3. The van der Waals surface area contributed by atoms with Crippen molar-refractivity contribution in [3.05, 3.63) is 42.4 Å². The lowest BCUT2D eigenvalue weighted by atomic mass is 9.53. The second-order valence-electron chi connectivity index (χ2n) is 6.37. The number of hydrogen-bond donors (Lipinski definition) is 1. The Bertz CT molecular complexity index is 689. The van der Waals surface area contributed by atoms with Crippen molar-refractivity contribution in [2.24, 2.45) is 11.3 Å². The average molecular weight is 268 g/mol. The molecule has 1 unspecified atom stereocenters. The minimum Gasteiger partial charge on any atom is -0.393 e. The maximum Gasteiger partial charge on any atom is 0.0956 e. The van der Waals surface area contributed by atoms with E-state index in [2.05, 4.69) is 33.8 Å². The minimum atomic E-state index is -0.231. The summed E-state index contributed by atoms with van der Waals surface area (Å²) in [6, 6.07) is 8.69. The summed E-state index contributed by atoms with van der Waals surface area (Å²) in [6.07, 6.45) is 4.47. The number of hydrogen-bond acceptors (Lipinski definition) is 3. The van der Waals surface area contributed by atoms with Crippen LogP contribution in [0.15, 0.2) is 36.8 Å². The van der Waals surface area contributed by atoms with Crippen LogP contribution in [0.4, 0.5) is 0 Å². The van der Waals surface area contributed by atoms with E-state index in [1.165, 1.54) is 16.8 Å². The summed E-state index contributed by atoms with van der Waals surface area (Å²) in [6.45, 7) is 1.58. The molecular weight excluding hydrogens is 252 g/mol. The predicted molar refractivity (Wildman–Crippen MR) is 73.2 cm³/mol. The average Bonchev–Trinajstić information content (AvgIpc) is 2.97. The number of benzene rings is 1. The third kappa shape index (κ3) is 1.13. The molecule has 2 aliphatic heterocycles. The molecule has 1 N–H and O–H groups in total. The molecule has 102 valence electrons. The van der Waals surface area contributed by atoms with Crippen LogP contribution in [-0.2, 0) is 4.74 Å². The highest BCUT2D eigenvalue weighted by molar-refractivity contribution is 5.69. The van der Waals surface area contributed by atoms with E-state index >= 15 is 0 Å². The van der Waals surface area contributed by atoms with Gasteiger partial charge in [-0.05, 0) is 12.0 Å². The second-order valence-corrected chi connectivity index (χ2v) is 6.37. The topological polar surface area (TPSA) is 47.3 Å². The van der Waals surface area contributed by atoms with E-state index in [4.69, 9.17) is 4.74 Å². The normalized spacial score (nSPS) is 32.4. The van der Waals surface area contributed by atoms with Crippen molar-refractivity contribution in [2.75, 3.05) is 13.2 Å². The summed E-state index contributed by atoms with van der Waals surface area (Å²) < 4.78 is 7.67. The van der Waals surface area contributed by atoms with Crippen LogP contribution in [0.3, 0.4) is 0 Å². The Morgan fingerprint density at radius 2 is 2.15 bits per heavy atom. The Hall–Kier alpha value is -1.65. The van der Waals surface area contributed by atoms with Gasteiger partial charge >= 0.3 is 0 Å². The third-order valence-corrected chi connectivity index (χ3v) is 5.38. The molecule has 0 radical (unpaired) electrons. The molecule has 0 amide bonds. The molecule has 5 rings (SSSR count). The lowest BCUT2D eigenvalue weighted by Gasteiger charge is -2.60. The van der Waals surface area contributed by atoms with E-state index in [0.717, 1.165) is 19.6 Å². The van der Waals surface area contributed by atoms with Gasteiger partial charge in [0.05, 0.1) is 43.6 Å². The molecule has 0 bridgehead atoms. The molecule has 20 heavy (non-hydrogen) atoms. The van der Waals surface area contributed by atoms with E-state index in [0.29, 0.717) is 0 Å². The summed E-state index contributed by atoms with van der Waals surface area (Å²) in [5, 5.41) is 10.4.